The van der Waals surface area contributed by atoms with Crippen molar-refractivity contribution in [3.05, 3.63) is 11.7 Å². The topological polar surface area (TPSA) is 63.4 Å². The summed E-state index contributed by atoms with van der Waals surface area (Å²) in [6, 6.07) is 0. The lowest BCUT2D eigenvalue weighted by atomic mass is 9.89. The van der Waals surface area contributed by atoms with Gasteiger partial charge in [-0.15, -0.1) is 0 Å². The molecule has 1 N–H and O–H groups in total. The highest BCUT2D eigenvalue weighted by molar-refractivity contribution is 4.91. The molecule has 0 aliphatic carbocycles. The molecular weight excluding hydrogens is 256 g/mol. The van der Waals surface area contributed by atoms with Gasteiger partial charge in [-0.2, -0.15) is 4.98 Å². The summed E-state index contributed by atoms with van der Waals surface area (Å²) in [5, 5.41) is 7.41. The number of hydrogen-bond donors (Lipinski definition) is 1. The lowest BCUT2D eigenvalue weighted by Crippen LogP contribution is -2.34. The van der Waals surface area contributed by atoms with Gasteiger partial charge in [-0.3, -0.25) is 4.90 Å². The Labute approximate surface area is 120 Å². The molecule has 0 spiro atoms. The maximum absolute atomic E-state index is 5.46. The van der Waals surface area contributed by atoms with Crippen molar-refractivity contribution in [3.8, 4) is 0 Å². The number of rotatable bonds is 7. The van der Waals surface area contributed by atoms with Gasteiger partial charge >= 0.3 is 0 Å². The minimum Gasteiger partial charge on any atom is -0.371 e. The minimum atomic E-state index is -0.112. The first-order chi connectivity index (χ1) is 9.52. The Kier molecular flexibility index (Phi) is 5.12. The molecular formula is C14H26N4O2. The summed E-state index contributed by atoms with van der Waals surface area (Å²) >= 11 is 0. The number of aromatic nitrogens is 2. The minimum absolute atomic E-state index is 0.112. The van der Waals surface area contributed by atoms with Crippen LogP contribution >= 0.6 is 0 Å². The summed E-state index contributed by atoms with van der Waals surface area (Å²) in [6.07, 6.45) is 1.10. The van der Waals surface area contributed by atoms with E-state index in [-0.39, 0.29) is 6.10 Å². The Morgan fingerprint density at radius 1 is 1.55 bits per heavy atom. The zero-order valence-corrected chi connectivity index (χ0v) is 13.0. The van der Waals surface area contributed by atoms with Gasteiger partial charge in [0.05, 0.1) is 6.54 Å². The third kappa shape index (κ3) is 4.01. The second kappa shape index (κ2) is 6.65. The Bertz CT molecular complexity index is 415. The molecule has 0 saturated carbocycles. The van der Waals surface area contributed by atoms with Crippen LogP contribution in [0.4, 0.5) is 0 Å². The number of nitrogens with one attached hydrogen (secondary N) is 1. The predicted octanol–water partition coefficient (Wildman–Crippen LogP) is 1.60. The normalized spacial score (nSPS) is 24.4. The second-order valence-corrected chi connectivity index (χ2v) is 6.05. The van der Waals surface area contributed by atoms with Crippen LogP contribution in [0.15, 0.2) is 4.52 Å². The molecule has 2 rings (SSSR count). The summed E-state index contributed by atoms with van der Waals surface area (Å²) in [5.74, 6) is 1.28. The van der Waals surface area contributed by atoms with Crippen molar-refractivity contribution in [2.24, 2.45) is 5.41 Å². The maximum Gasteiger partial charge on any atom is 0.240 e. The quantitative estimate of drug-likeness (QED) is 0.819. The molecule has 1 aliphatic heterocycles. The Morgan fingerprint density at radius 2 is 2.35 bits per heavy atom. The average Bonchev–Trinajstić information content (AvgIpc) is 2.99. The van der Waals surface area contributed by atoms with Gasteiger partial charge in [0.15, 0.2) is 5.82 Å². The summed E-state index contributed by atoms with van der Waals surface area (Å²) in [5.41, 5.74) is 0.343. The molecule has 2 unspecified atom stereocenters. The van der Waals surface area contributed by atoms with E-state index in [1.807, 2.05) is 13.8 Å². The molecule has 1 saturated heterocycles. The van der Waals surface area contributed by atoms with Crippen LogP contribution in [-0.4, -0.2) is 48.3 Å². The molecule has 114 valence electrons. The fourth-order valence-electron chi connectivity index (χ4n) is 2.76. The van der Waals surface area contributed by atoms with Gasteiger partial charge in [0.2, 0.25) is 5.89 Å². The van der Waals surface area contributed by atoms with Crippen LogP contribution < -0.4 is 5.32 Å². The number of nitrogens with zero attached hydrogens (tertiary/aromatic N) is 3. The molecule has 1 aromatic heterocycles. The van der Waals surface area contributed by atoms with Crippen LogP contribution in [0.1, 0.15) is 45.0 Å². The van der Waals surface area contributed by atoms with Crippen molar-refractivity contribution in [3.63, 3.8) is 0 Å². The van der Waals surface area contributed by atoms with Crippen LogP contribution in [0.25, 0.3) is 0 Å². The van der Waals surface area contributed by atoms with Crippen molar-refractivity contribution in [1.29, 1.82) is 0 Å². The van der Waals surface area contributed by atoms with E-state index in [1.54, 1.807) is 0 Å². The standard InChI is InChI=1S/C14H26N4O2/c1-5-19-11(2)13-16-12(20-17-13)8-18(4)10-14(3)6-7-15-9-14/h11,15H,5-10H2,1-4H3. The molecule has 1 fully saturated rings. The molecule has 1 aliphatic rings. The van der Waals surface area contributed by atoms with Crippen molar-refractivity contribution in [2.75, 3.05) is 33.3 Å². The number of hydrogen-bond acceptors (Lipinski definition) is 6. The number of ether oxygens (including phenoxy) is 1. The van der Waals surface area contributed by atoms with Gasteiger partial charge in [0, 0.05) is 19.7 Å². The molecule has 2 atom stereocenters. The summed E-state index contributed by atoms with van der Waals surface area (Å²) < 4.78 is 10.8. The SMILES string of the molecule is CCOC(C)c1noc(CN(C)CC2(C)CCNC2)n1. The lowest BCUT2D eigenvalue weighted by Gasteiger charge is -2.28. The smallest absolute Gasteiger partial charge is 0.240 e. The van der Waals surface area contributed by atoms with E-state index in [0.29, 0.717) is 30.3 Å². The Balaban J connectivity index is 1.86. The third-order valence-electron chi connectivity index (χ3n) is 3.78. The highest BCUT2D eigenvalue weighted by Crippen LogP contribution is 2.25. The Morgan fingerprint density at radius 3 is 3.00 bits per heavy atom. The first-order valence-electron chi connectivity index (χ1n) is 7.36. The van der Waals surface area contributed by atoms with E-state index in [9.17, 15) is 0 Å². The monoisotopic (exact) mass is 282 g/mol. The van der Waals surface area contributed by atoms with Crippen molar-refractivity contribution < 1.29 is 9.26 Å². The van der Waals surface area contributed by atoms with Crippen LogP contribution in [-0.2, 0) is 11.3 Å². The zero-order valence-electron chi connectivity index (χ0n) is 13.0. The lowest BCUT2D eigenvalue weighted by molar-refractivity contribution is 0.0683. The van der Waals surface area contributed by atoms with Gasteiger partial charge in [-0.1, -0.05) is 12.1 Å². The van der Waals surface area contributed by atoms with Crippen LogP contribution in [0.5, 0.6) is 0 Å². The first-order valence-corrected chi connectivity index (χ1v) is 7.36. The fourth-order valence-corrected chi connectivity index (χ4v) is 2.76. The van der Waals surface area contributed by atoms with Gasteiger partial charge in [0.25, 0.3) is 0 Å². The second-order valence-electron chi connectivity index (χ2n) is 6.05. The van der Waals surface area contributed by atoms with E-state index in [4.69, 9.17) is 9.26 Å². The molecule has 1 aromatic rings. The maximum atomic E-state index is 5.46. The highest BCUT2D eigenvalue weighted by Gasteiger charge is 2.30. The predicted molar refractivity (Wildman–Crippen MR) is 76.3 cm³/mol. The van der Waals surface area contributed by atoms with E-state index < -0.39 is 0 Å². The van der Waals surface area contributed by atoms with Crippen molar-refractivity contribution in [2.45, 2.75) is 39.8 Å². The van der Waals surface area contributed by atoms with Crippen molar-refractivity contribution >= 4 is 0 Å². The largest absolute Gasteiger partial charge is 0.371 e. The molecule has 0 bridgehead atoms. The van der Waals surface area contributed by atoms with Gasteiger partial charge in [0.1, 0.15) is 6.10 Å². The van der Waals surface area contributed by atoms with Crippen LogP contribution in [0.2, 0.25) is 0 Å². The first kappa shape index (κ1) is 15.4. The summed E-state index contributed by atoms with van der Waals surface area (Å²) in [6.45, 7) is 10.8. The molecule has 6 heteroatoms. The van der Waals surface area contributed by atoms with E-state index in [1.165, 1.54) is 6.42 Å². The molecule has 6 nitrogen and oxygen atoms in total. The van der Waals surface area contributed by atoms with Crippen molar-refractivity contribution in [1.82, 2.24) is 20.4 Å². The third-order valence-corrected chi connectivity index (χ3v) is 3.78. The fraction of sp³-hybridized carbons (Fsp3) is 0.857. The van der Waals surface area contributed by atoms with E-state index in [2.05, 4.69) is 34.3 Å². The summed E-state index contributed by atoms with van der Waals surface area (Å²) in [4.78, 5) is 6.65. The van der Waals surface area contributed by atoms with Crippen LogP contribution in [0.3, 0.4) is 0 Å². The Hall–Kier alpha value is -0.980. The van der Waals surface area contributed by atoms with Gasteiger partial charge in [-0.05, 0) is 39.3 Å². The van der Waals surface area contributed by atoms with E-state index in [0.717, 1.165) is 19.6 Å². The summed E-state index contributed by atoms with van der Waals surface area (Å²) in [7, 11) is 2.10. The molecule has 0 aromatic carbocycles. The zero-order chi connectivity index (χ0) is 14.6. The van der Waals surface area contributed by atoms with Gasteiger partial charge < -0.3 is 14.6 Å². The van der Waals surface area contributed by atoms with Crippen LogP contribution in [0, 0.1) is 5.41 Å². The van der Waals surface area contributed by atoms with E-state index >= 15 is 0 Å². The highest BCUT2D eigenvalue weighted by atomic mass is 16.5. The average molecular weight is 282 g/mol. The molecule has 0 amide bonds. The molecule has 2 heterocycles. The molecule has 20 heavy (non-hydrogen) atoms. The molecule has 0 radical (unpaired) electrons. The van der Waals surface area contributed by atoms with Gasteiger partial charge in [-0.25, -0.2) is 0 Å².